The van der Waals surface area contributed by atoms with E-state index in [4.69, 9.17) is 5.73 Å². The minimum Gasteiger partial charge on any atom is -0.399 e. The molecule has 0 heterocycles. The molecule has 0 amide bonds. The average molecular weight is 172 g/mol. The molecule has 1 aromatic rings. The van der Waals surface area contributed by atoms with Crippen LogP contribution in [0.2, 0.25) is 0 Å². The van der Waals surface area contributed by atoms with Gasteiger partial charge in [-0.2, -0.15) is 0 Å². The quantitative estimate of drug-likeness (QED) is 0.647. The van der Waals surface area contributed by atoms with Gasteiger partial charge in [0, 0.05) is 11.6 Å². The Balaban J connectivity index is 2.19. The van der Waals surface area contributed by atoms with E-state index in [-0.39, 0.29) is 0 Å². The van der Waals surface area contributed by atoms with E-state index in [0.717, 1.165) is 5.69 Å². The van der Waals surface area contributed by atoms with Gasteiger partial charge in [-0.25, -0.2) is 0 Å². The Morgan fingerprint density at radius 1 is 1.08 bits per heavy atom. The van der Waals surface area contributed by atoms with Crippen LogP contribution >= 0.6 is 0 Å². The van der Waals surface area contributed by atoms with E-state index < -0.39 is 0 Å². The van der Waals surface area contributed by atoms with Crippen molar-refractivity contribution in [1.82, 2.24) is 0 Å². The summed E-state index contributed by atoms with van der Waals surface area (Å²) < 4.78 is 0. The molecule has 1 heteroatoms. The maximum atomic E-state index is 5.63. The second-order valence-corrected chi connectivity index (χ2v) is 3.44. The van der Waals surface area contributed by atoms with Crippen LogP contribution in [0.4, 0.5) is 5.69 Å². The summed E-state index contributed by atoms with van der Waals surface area (Å²) in [5.41, 5.74) is 7.78. The molecule has 0 bridgehead atoms. The molecule has 1 aromatic carbocycles. The molecule has 13 heavy (non-hydrogen) atoms. The summed E-state index contributed by atoms with van der Waals surface area (Å²) in [6.45, 7) is 0. The molecule has 0 atom stereocenters. The molecular weight excluding hydrogens is 158 g/mol. The standard InChI is InChI=1S/C12H14N/c13-12-8-6-11(7-9-12)10-4-2-1-3-5-10/h2,4,6-9H,1,3,5,13H2. The van der Waals surface area contributed by atoms with Gasteiger partial charge in [0.15, 0.2) is 0 Å². The third-order valence-corrected chi connectivity index (χ3v) is 2.42. The van der Waals surface area contributed by atoms with E-state index in [1.54, 1.807) is 0 Å². The molecule has 0 saturated heterocycles. The van der Waals surface area contributed by atoms with Crippen molar-refractivity contribution < 1.29 is 0 Å². The fourth-order valence-electron chi connectivity index (χ4n) is 1.66. The molecule has 1 aliphatic carbocycles. The summed E-state index contributed by atoms with van der Waals surface area (Å²) in [4.78, 5) is 0. The molecule has 67 valence electrons. The van der Waals surface area contributed by atoms with Crippen LogP contribution in [-0.4, -0.2) is 0 Å². The third-order valence-electron chi connectivity index (χ3n) is 2.42. The number of benzene rings is 1. The second kappa shape index (κ2) is 3.65. The first-order chi connectivity index (χ1) is 6.36. The summed E-state index contributed by atoms with van der Waals surface area (Å²) >= 11 is 0. The molecule has 1 radical (unpaired) electrons. The fourth-order valence-corrected chi connectivity index (χ4v) is 1.66. The first kappa shape index (κ1) is 8.36. The van der Waals surface area contributed by atoms with E-state index in [1.165, 1.54) is 30.7 Å². The number of hydrogen-bond donors (Lipinski definition) is 1. The number of nitrogens with two attached hydrogens (primary N) is 1. The van der Waals surface area contributed by atoms with E-state index in [9.17, 15) is 0 Å². The van der Waals surface area contributed by atoms with Gasteiger partial charge in [-0.05, 0) is 37.0 Å². The second-order valence-electron chi connectivity index (χ2n) is 3.44. The number of nitrogen functional groups attached to an aromatic ring is 1. The van der Waals surface area contributed by atoms with E-state index in [1.807, 2.05) is 12.1 Å². The minimum atomic E-state index is 0.837. The van der Waals surface area contributed by atoms with E-state index >= 15 is 0 Å². The monoisotopic (exact) mass is 172 g/mol. The predicted octanol–water partition coefficient (Wildman–Crippen LogP) is 2.93. The van der Waals surface area contributed by atoms with Crippen LogP contribution in [0.1, 0.15) is 24.8 Å². The normalized spacial score (nSPS) is 17.5. The Kier molecular flexibility index (Phi) is 2.35. The number of anilines is 1. The van der Waals surface area contributed by atoms with Crippen LogP contribution < -0.4 is 5.73 Å². The molecule has 2 rings (SSSR count). The van der Waals surface area contributed by atoms with Crippen molar-refractivity contribution in [1.29, 1.82) is 0 Å². The summed E-state index contributed by atoms with van der Waals surface area (Å²) in [7, 11) is 0. The SMILES string of the molecule is Nc1ccc([C]2C=CCCC2)cc1. The highest BCUT2D eigenvalue weighted by atomic mass is 14.5. The maximum Gasteiger partial charge on any atom is 0.0314 e. The lowest BCUT2D eigenvalue weighted by Crippen LogP contribution is -2.00. The molecule has 0 unspecified atom stereocenters. The topological polar surface area (TPSA) is 26.0 Å². The lowest BCUT2D eigenvalue weighted by molar-refractivity contribution is 0.771. The highest BCUT2D eigenvalue weighted by Crippen LogP contribution is 2.26. The van der Waals surface area contributed by atoms with E-state index in [0.29, 0.717) is 0 Å². The van der Waals surface area contributed by atoms with Crippen molar-refractivity contribution in [3.05, 3.63) is 47.9 Å². The summed E-state index contributed by atoms with van der Waals surface area (Å²) in [6, 6.07) is 8.12. The molecule has 2 N–H and O–H groups in total. The van der Waals surface area contributed by atoms with Crippen molar-refractivity contribution in [2.24, 2.45) is 0 Å². The van der Waals surface area contributed by atoms with Crippen molar-refractivity contribution >= 4 is 5.69 Å². The van der Waals surface area contributed by atoms with Gasteiger partial charge < -0.3 is 5.73 Å². The number of allylic oxidation sites excluding steroid dienone is 2. The molecule has 1 aliphatic rings. The highest BCUT2D eigenvalue weighted by molar-refractivity contribution is 5.46. The Labute approximate surface area is 79.3 Å². The largest absolute Gasteiger partial charge is 0.399 e. The van der Waals surface area contributed by atoms with E-state index in [2.05, 4.69) is 24.3 Å². The Hall–Kier alpha value is -1.24. The van der Waals surface area contributed by atoms with Crippen LogP contribution in [0, 0.1) is 5.92 Å². The zero-order valence-corrected chi connectivity index (χ0v) is 7.66. The van der Waals surface area contributed by atoms with Crippen molar-refractivity contribution in [2.45, 2.75) is 19.3 Å². The van der Waals surface area contributed by atoms with Crippen LogP contribution in [0.3, 0.4) is 0 Å². The average Bonchev–Trinajstić information content (AvgIpc) is 2.20. The summed E-state index contributed by atoms with van der Waals surface area (Å²) in [6.07, 6.45) is 8.17. The third kappa shape index (κ3) is 1.92. The smallest absolute Gasteiger partial charge is 0.0314 e. The summed E-state index contributed by atoms with van der Waals surface area (Å²) in [5.74, 6) is 1.44. The van der Waals surface area contributed by atoms with Gasteiger partial charge in [-0.1, -0.05) is 24.3 Å². The minimum absolute atomic E-state index is 0.837. The predicted molar refractivity (Wildman–Crippen MR) is 56.2 cm³/mol. The molecule has 0 aliphatic heterocycles. The van der Waals surface area contributed by atoms with Gasteiger partial charge in [0.25, 0.3) is 0 Å². The van der Waals surface area contributed by atoms with Crippen LogP contribution in [0.25, 0.3) is 0 Å². The van der Waals surface area contributed by atoms with Crippen molar-refractivity contribution in [2.75, 3.05) is 5.73 Å². The van der Waals surface area contributed by atoms with Gasteiger partial charge in [-0.15, -0.1) is 0 Å². The van der Waals surface area contributed by atoms with Crippen LogP contribution in [0.15, 0.2) is 36.4 Å². The lowest BCUT2D eigenvalue weighted by Gasteiger charge is -2.15. The van der Waals surface area contributed by atoms with Gasteiger partial charge >= 0.3 is 0 Å². The molecule has 0 fully saturated rings. The van der Waals surface area contributed by atoms with Crippen molar-refractivity contribution in [3.8, 4) is 0 Å². The fraction of sp³-hybridized carbons (Fsp3) is 0.250. The maximum absolute atomic E-state index is 5.63. The highest BCUT2D eigenvalue weighted by Gasteiger charge is 2.10. The Bertz CT molecular complexity index is 297. The molecule has 1 nitrogen and oxygen atoms in total. The summed E-state index contributed by atoms with van der Waals surface area (Å²) in [5, 5.41) is 0. The Morgan fingerprint density at radius 3 is 2.46 bits per heavy atom. The number of rotatable bonds is 1. The zero-order valence-electron chi connectivity index (χ0n) is 7.66. The van der Waals surface area contributed by atoms with Crippen LogP contribution in [-0.2, 0) is 0 Å². The molecule has 0 saturated carbocycles. The first-order valence-corrected chi connectivity index (χ1v) is 4.74. The van der Waals surface area contributed by atoms with Crippen molar-refractivity contribution in [3.63, 3.8) is 0 Å². The first-order valence-electron chi connectivity index (χ1n) is 4.74. The number of hydrogen-bond acceptors (Lipinski definition) is 1. The van der Waals surface area contributed by atoms with Gasteiger partial charge in [0.05, 0.1) is 0 Å². The van der Waals surface area contributed by atoms with Gasteiger partial charge in [0.2, 0.25) is 0 Å². The molecule has 0 spiro atoms. The molecule has 0 aromatic heterocycles. The molecular formula is C12H14N. The Morgan fingerprint density at radius 2 is 1.85 bits per heavy atom. The lowest BCUT2D eigenvalue weighted by atomic mass is 9.89. The van der Waals surface area contributed by atoms with Gasteiger partial charge in [-0.3, -0.25) is 0 Å². The van der Waals surface area contributed by atoms with Crippen LogP contribution in [0.5, 0.6) is 0 Å². The zero-order chi connectivity index (χ0) is 9.10. The van der Waals surface area contributed by atoms with Gasteiger partial charge in [0.1, 0.15) is 0 Å².